The van der Waals surface area contributed by atoms with Gasteiger partial charge in [-0.2, -0.15) is 0 Å². The highest BCUT2D eigenvalue weighted by atomic mass is 32.2. The Morgan fingerprint density at radius 2 is 2.00 bits per heavy atom. The first-order valence-electron chi connectivity index (χ1n) is 6.42. The van der Waals surface area contributed by atoms with Crippen LogP contribution in [0.25, 0.3) is 0 Å². The molecular formula is C15H15N2O4S-. The van der Waals surface area contributed by atoms with E-state index in [-0.39, 0.29) is 11.3 Å². The van der Waals surface area contributed by atoms with Gasteiger partial charge in [0.1, 0.15) is 0 Å². The maximum Gasteiger partial charge on any atom is 0.337 e. The molecule has 7 heteroatoms. The van der Waals surface area contributed by atoms with Crippen LogP contribution in [0.4, 0.5) is 11.4 Å². The van der Waals surface area contributed by atoms with Crippen LogP contribution in [0, 0.1) is 0 Å². The van der Waals surface area contributed by atoms with Gasteiger partial charge in [0.05, 0.1) is 18.4 Å². The van der Waals surface area contributed by atoms with E-state index in [4.69, 9.17) is 5.73 Å². The quantitative estimate of drug-likeness (QED) is 0.497. The number of anilines is 2. The number of nitrogens with one attached hydrogen (secondary N) is 1. The van der Waals surface area contributed by atoms with Gasteiger partial charge in [0.2, 0.25) is 0 Å². The van der Waals surface area contributed by atoms with E-state index in [1.807, 2.05) is 30.3 Å². The minimum atomic E-state index is -2.52. The Bertz CT molecular complexity index is 704. The molecule has 0 bridgehead atoms. The maximum atomic E-state index is 11.6. The molecule has 1 unspecified atom stereocenters. The predicted octanol–water partition coefficient (Wildman–Crippen LogP) is 1.85. The third-order valence-electron chi connectivity index (χ3n) is 3.12. The molecule has 2 aromatic rings. The highest BCUT2D eigenvalue weighted by molar-refractivity contribution is 7.80. The molecule has 1 atom stereocenters. The standard InChI is InChI=1S/C15H16N2O4S/c1-21-15(18)11-8-13(16)12(14(9-11)17-22(19)20)7-10-5-3-2-4-6-10/h2-6,8-9,17H,7,16H2,1H3,(H,19,20)/p-1. The van der Waals surface area contributed by atoms with Crippen LogP contribution in [-0.4, -0.2) is 21.8 Å². The number of hydrogen-bond acceptors (Lipinski definition) is 5. The molecule has 6 nitrogen and oxygen atoms in total. The fourth-order valence-corrected chi connectivity index (χ4v) is 2.47. The lowest BCUT2D eigenvalue weighted by atomic mass is 9.99. The number of ether oxygens (including phenoxy) is 1. The number of rotatable bonds is 5. The van der Waals surface area contributed by atoms with Crippen molar-refractivity contribution in [2.45, 2.75) is 6.42 Å². The summed E-state index contributed by atoms with van der Waals surface area (Å²) < 4.78 is 28.9. The molecule has 0 aliphatic rings. The van der Waals surface area contributed by atoms with E-state index < -0.39 is 17.2 Å². The molecule has 0 aromatic heterocycles. The summed E-state index contributed by atoms with van der Waals surface area (Å²) in [5.74, 6) is -0.585. The molecule has 0 fully saturated rings. The largest absolute Gasteiger partial charge is 0.755 e. The molecule has 0 radical (unpaired) electrons. The first-order valence-corrected chi connectivity index (χ1v) is 7.49. The molecule has 0 aliphatic carbocycles. The van der Waals surface area contributed by atoms with E-state index in [0.717, 1.165) is 5.56 Å². The number of nitrogen functional groups attached to an aromatic ring is 1. The number of methoxy groups -OCH3 is 1. The second-order valence-corrected chi connectivity index (χ2v) is 5.26. The molecule has 0 saturated carbocycles. The van der Waals surface area contributed by atoms with Gasteiger partial charge < -0.3 is 19.7 Å². The number of carbonyl (C=O) groups excluding carboxylic acids is 1. The smallest absolute Gasteiger partial charge is 0.337 e. The highest BCUT2D eigenvalue weighted by Crippen LogP contribution is 2.28. The summed E-state index contributed by atoms with van der Waals surface area (Å²) in [5, 5.41) is 0. The van der Waals surface area contributed by atoms with Crippen LogP contribution in [-0.2, 0) is 22.4 Å². The first kappa shape index (κ1) is 16.0. The van der Waals surface area contributed by atoms with Gasteiger partial charge in [0.25, 0.3) is 0 Å². The minimum absolute atomic E-state index is 0.185. The number of benzene rings is 2. The van der Waals surface area contributed by atoms with E-state index in [9.17, 15) is 13.6 Å². The molecule has 0 spiro atoms. The van der Waals surface area contributed by atoms with Crippen molar-refractivity contribution in [3.8, 4) is 0 Å². The monoisotopic (exact) mass is 319 g/mol. The van der Waals surface area contributed by atoms with Crippen molar-refractivity contribution in [1.29, 1.82) is 0 Å². The summed E-state index contributed by atoms with van der Waals surface area (Å²) in [6.07, 6.45) is 0.438. The van der Waals surface area contributed by atoms with Crippen LogP contribution < -0.4 is 10.5 Å². The third-order valence-corrected chi connectivity index (χ3v) is 3.51. The van der Waals surface area contributed by atoms with Crippen molar-refractivity contribution < 1.29 is 18.3 Å². The van der Waals surface area contributed by atoms with Crippen molar-refractivity contribution >= 4 is 28.6 Å². The average molecular weight is 319 g/mol. The van der Waals surface area contributed by atoms with Crippen LogP contribution in [0.2, 0.25) is 0 Å². The zero-order chi connectivity index (χ0) is 16.1. The van der Waals surface area contributed by atoms with Crippen LogP contribution in [0.3, 0.4) is 0 Å². The van der Waals surface area contributed by atoms with Crippen molar-refractivity contribution in [1.82, 2.24) is 0 Å². The zero-order valence-electron chi connectivity index (χ0n) is 11.9. The fourth-order valence-electron chi connectivity index (χ4n) is 2.11. The Kier molecular flexibility index (Phi) is 5.13. The van der Waals surface area contributed by atoms with Gasteiger partial charge in [0.15, 0.2) is 0 Å². The SMILES string of the molecule is COC(=O)c1cc(N)c(Cc2ccccc2)c(NS(=O)[O-])c1. The van der Waals surface area contributed by atoms with E-state index in [2.05, 4.69) is 9.46 Å². The van der Waals surface area contributed by atoms with Gasteiger partial charge in [-0.25, -0.2) is 4.79 Å². The third kappa shape index (κ3) is 3.84. The fraction of sp³-hybridized carbons (Fsp3) is 0.133. The summed E-state index contributed by atoms with van der Waals surface area (Å²) in [5.41, 5.74) is 8.33. The topological polar surface area (TPSA) is 104 Å². The van der Waals surface area contributed by atoms with E-state index in [1.165, 1.54) is 19.2 Å². The Hall–Kier alpha value is -2.38. The lowest BCUT2D eigenvalue weighted by Crippen LogP contribution is -2.11. The van der Waals surface area contributed by atoms with E-state index in [1.54, 1.807) is 0 Å². The van der Waals surface area contributed by atoms with Crippen LogP contribution in [0.5, 0.6) is 0 Å². The van der Waals surface area contributed by atoms with E-state index >= 15 is 0 Å². The average Bonchev–Trinajstić information content (AvgIpc) is 2.50. The molecule has 2 aromatic carbocycles. The summed E-state index contributed by atoms with van der Waals surface area (Å²) in [6.45, 7) is 0. The lowest BCUT2D eigenvalue weighted by Gasteiger charge is -2.17. The number of nitrogens with two attached hydrogens (primary N) is 1. The van der Waals surface area contributed by atoms with Gasteiger partial charge >= 0.3 is 5.97 Å². The molecule has 0 saturated heterocycles. The predicted molar refractivity (Wildman–Crippen MR) is 84.0 cm³/mol. The van der Waals surface area contributed by atoms with Gasteiger partial charge in [-0.15, -0.1) is 0 Å². The normalized spacial score (nSPS) is 11.7. The summed E-state index contributed by atoms with van der Waals surface area (Å²) in [6, 6.07) is 12.4. The Balaban J connectivity index is 2.46. The second kappa shape index (κ2) is 7.06. The Morgan fingerprint density at radius 3 is 2.59 bits per heavy atom. The minimum Gasteiger partial charge on any atom is -0.755 e. The Labute approximate surface area is 130 Å². The molecule has 0 aliphatic heterocycles. The summed E-state index contributed by atoms with van der Waals surface area (Å²) in [7, 11) is 1.25. The molecule has 2 rings (SSSR count). The molecule has 0 heterocycles. The molecule has 116 valence electrons. The zero-order valence-corrected chi connectivity index (χ0v) is 12.7. The summed E-state index contributed by atoms with van der Waals surface area (Å²) in [4.78, 5) is 11.6. The summed E-state index contributed by atoms with van der Waals surface area (Å²) >= 11 is -2.52. The number of esters is 1. The van der Waals surface area contributed by atoms with Crippen molar-refractivity contribution in [3.05, 3.63) is 59.2 Å². The van der Waals surface area contributed by atoms with Gasteiger partial charge in [-0.1, -0.05) is 30.3 Å². The van der Waals surface area contributed by atoms with Gasteiger partial charge in [0, 0.05) is 28.9 Å². The molecular weight excluding hydrogens is 304 g/mol. The molecule has 22 heavy (non-hydrogen) atoms. The van der Waals surface area contributed by atoms with Gasteiger partial charge in [-0.3, -0.25) is 4.21 Å². The molecule has 3 N–H and O–H groups in total. The second-order valence-electron chi connectivity index (χ2n) is 4.58. The van der Waals surface area contributed by atoms with Crippen LogP contribution >= 0.6 is 0 Å². The molecule has 0 amide bonds. The van der Waals surface area contributed by atoms with Crippen molar-refractivity contribution in [3.63, 3.8) is 0 Å². The van der Waals surface area contributed by atoms with Crippen LogP contribution in [0.1, 0.15) is 21.5 Å². The van der Waals surface area contributed by atoms with Crippen molar-refractivity contribution in [2.75, 3.05) is 17.6 Å². The van der Waals surface area contributed by atoms with Crippen molar-refractivity contribution in [2.24, 2.45) is 0 Å². The first-order chi connectivity index (χ1) is 10.5. The van der Waals surface area contributed by atoms with Gasteiger partial charge in [-0.05, 0) is 17.7 Å². The van der Waals surface area contributed by atoms with E-state index in [0.29, 0.717) is 17.7 Å². The van der Waals surface area contributed by atoms with Crippen LogP contribution in [0.15, 0.2) is 42.5 Å². The lowest BCUT2D eigenvalue weighted by molar-refractivity contribution is 0.0601. The maximum absolute atomic E-state index is 11.6. The number of hydrogen-bond donors (Lipinski definition) is 2. The Morgan fingerprint density at radius 1 is 1.32 bits per heavy atom. The number of carbonyl (C=O) groups is 1. The highest BCUT2D eigenvalue weighted by Gasteiger charge is 2.14.